The van der Waals surface area contributed by atoms with E-state index in [0.29, 0.717) is 0 Å². The van der Waals surface area contributed by atoms with Crippen LogP contribution >= 0.6 is 0 Å². The quantitative estimate of drug-likeness (QED) is 0.746. The first-order chi connectivity index (χ1) is 7.70. The molecule has 2 nitrogen and oxygen atoms in total. The summed E-state index contributed by atoms with van der Waals surface area (Å²) in [6.07, 6.45) is 6.89. The molecule has 94 valence electrons. The molecular formula is C14H28N2. The van der Waals surface area contributed by atoms with Crippen LogP contribution in [0, 0.1) is 11.8 Å². The van der Waals surface area contributed by atoms with Gasteiger partial charge in [0, 0.05) is 18.6 Å². The van der Waals surface area contributed by atoms with Gasteiger partial charge in [-0.1, -0.05) is 13.8 Å². The van der Waals surface area contributed by atoms with Gasteiger partial charge in [0.15, 0.2) is 0 Å². The maximum atomic E-state index is 3.67. The fraction of sp³-hybridized carbons (Fsp3) is 1.00. The van der Waals surface area contributed by atoms with Crippen LogP contribution in [0.4, 0.5) is 0 Å². The van der Waals surface area contributed by atoms with Crippen molar-refractivity contribution in [2.75, 3.05) is 20.1 Å². The zero-order chi connectivity index (χ0) is 11.5. The summed E-state index contributed by atoms with van der Waals surface area (Å²) in [6.45, 7) is 7.17. The van der Waals surface area contributed by atoms with E-state index in [0.717, 1.165) is 23.9 Å². The second kappa shape index (κ2) is 5.50. The average molecular weight is 224 g/mol. The fourth-order valence-corrected chi connectivity index (χ4v) is 3.06. The number of hydrogen-bond acceptors (Lipinski definition) is 2. The van der Waals surface area contributed by atoms with Crippen molar-refractivity contribution in [2.24, 2.45) is 11.8 Å². The predicted molar refractivity (Wildman–Crippen MR) is 69.6 cm³/mol. The van der Waals surface area contributed by atoms with Gasteiger partial charge in [0.1, 0.15) is 0 Å². The van der Waals surface area contributed by atoms with E-state index >= 15 is 0 Å². The van der Waals surface area contributed by atoms with Crippen molar-refractivity contribution in [1.82, 2.24) is 10.2 Å². The molecule has 0 amide bonds. The van der Waals surface area contributed by atoms with Crippen LogP contribution in [-0.4, -0.2) is 37.1 Å². The van der Waals surface area contributed by atoms with E-state index in [1.165, 1.54) is 45.2 Å². The van der Waals surface area contributed by atoms with E-state index in [4.69, 9.17) is 0 Å². The van der Waals surface area contributed by atoms with E-state index in [-0.39, 0.29) is 0 Å². The lowest BCUT2D eigenvalue weighted by molar-refractivity contribution is 0.229. The van der Waals surface area contributed by atoms with Crippen LogP contribution in [0.5, 0.6) is 0 Å². The van der Waals surface area contributed by atoms with Gasteiger partial charge in [-0.05, 0) is 57.5 Å². The maximum absolute atomic E-state index is 3.67. The van der Waals surface area contributed by atoms with Crippen molar-refractivity contribution in [1.29, 1.82) is 0 Å². The third-order valence-corrected chi connectivity index (χ3v) is 4.51. The Kier molecular flexibility index (Phi) is 4.26. The molecule has 2 heteroatoms. The number of rotatable bonds is 6. The Morgan fingerprint density at radius 1 is 1.25 bits per heavy atom. The first kappa shape index (κ1) is 12.4. The molecule has 0 saturated heterocycles. The van der Waals surface area contributed by atoms with Gasteiger partial charge in [-0.25, -0.2) is 0 Å². The van der Waals surface area contributed by atoms with Gasteiger partial charge in [0.2, 0.25) is 0 Å². The minimum Gasteiger partial charge on any atom is -0.314 e. The topological polar surface area (TPSA) is 15.3 Å². The molecule has 4 unspecified atom stereocenters. The molecule has 0 radical (unpaired) electrons. The highest BCUT2D eigenvalue weighted by atomic mass is 15.1. The predicted octanol–water partition coefficient (Wildman–Crippen LogP) is 2.49. The van der Waals surface area contributed by atoms with E-state index in [1.54, 1.807) is 0 Å². The summed E-state index contributed by atoms with van der Waals surface area (Å²) in [5, 5.41) is 3.67. The molecule has 0 aliphatic heterocycles. The van der Waals surface area contributed by atoms with E-state index in [2.05, 4.69) is 31.1 Å². The number of nitrogens with one attached hydrogen (secondary N) is 1. The van der Waals surface area contributed by atoms with Gasteiger partial charge in [0.05, 0.1) is 0 Å². The van der Waals surface area contributed by atoms with Crippen molar-refractivity contribution in [3.63, 3.8) is 0 Å². The molecule has 2 saturated carbocycles. The van der Waals surface area contributed by atoms with Crippen LogP contribution in [0.25, 0.3) is 0 Å². The molecule has 2 rings (SSSR count). The van der Waals surface area contributed by atoms with E-state index in [1.807, 2.05) is 0 Å². The summed E-state index contributed by atoms with van der Waals surface area (Å²) in [7, 11) is 2.33. The van der Waals surface area contributed by atoms with E-state index < -0.39 is 0 Å². The summed E-state index contributed by atoms with van der Waals surface area (Å²) in [5.41, 5.74) is 0. The maximum Gasteiger partial charge on any atom is 0.0108 e. The van der Waals surface area contributed by atoms with Gasteiger partial charge in [-0.15, -0.1) is 0 Å². The second-order valence-electron chi connectivity index (χ2n) is 6.03. The Morgan fingerprint density at radius 2 is 2.00 bits per heavy atom. The molecule has 2 aliphatic carbocycles. The highest BCUT2D eigenvalue weighted by molar-refractivity contribution is 4.90. The Labute approximate surface area is 101 Å². The molecule has 1 N–H and O–H groups in total. The molecule has 16 heavy (non-hydrogen) atoms. The zero-order valence-electron chi connectivity index (χ0n) is 11.2. The normalized spacial score (nSPS) is 38.2. The van der Waals surface area contributed by atoms with Crippen LogP contribution in [0.2, 0.25) is 0 Å². The third-order valence-electron chi connectivity index (χ3n) is 4.51. The summed E-state index contributed by atoms with van der Waals surface area (Å²) >= 11 is 0. The fourth-order valence-electron chi connectivity index (χ4n) is 3.06. The molecular weight excluding hydrogens is 196 g/mol. The van der Waals surface area contributed by atoms with Crippen LogP contribution in [-0.2, 0) is 0 Å². The van der Waals surface area contributed by atoms with Gasteiger partial charge in [-0.3, -0.25) is 0 Å². The Bertz CT molecular complexity index is 217. The highest BCUT2D eigenvalue weighted by Crippen LogP contribution is 2.39. The van der Waals surface area contributed by atoms with Crippen molar-refractivity contribution in [3.8, 4) is 0 Å². The van der Waals surface area contributed by atoms with Crippen LogP contribution in [0.1, 0.15) is 46.0 Å². The van der Waals surface area contributed by atoms with Gasteiger partial charge < -0.3 is 10.2 Å². The molecule has 0 aromatic heterocycles. The molecule has 2 aliphatic rings. The minimum atomic E-state index is 0.795. The number of hydrogen-bond donors (Lipinski definition) is 1. The van der Waals surface area contributed by atoms with Gasteiger partial charge >= 0.3 is 0 Å². The van der Waals surface area contributed by atoms with Gasteiger partial charge in [0.25, 0.3) is 0 Å². The second-order valence-corrected chi connectivity index (χ2v) is 6.03. The molecule has 0 aromatic carbocycles. The van der Waals surface area contributed by atoms with Crippen LogP contribution in [0.15, 0.2) is 0 Å². The monoisotopic (exact) mass is 224 g/mol. The third kappa shape index (κ3) is 3.21. The largest absolute Gasteiger partial charge is 0.314 e. The van der Waals surface area contributed by atoms with E-state index in [9.17, 15) is 0 Å². The molecule has 4 atom stereocenters. The van der Waals surface area contributed by atoms with Crippen molar-refractivity contribution in [2.45, 2.75) is 58.0 Å². The van der Waals surface area contributed by atoms with Crippen molar-refractivity contribution in [3.05, 3.63) is 0 Å². The lowest BCUT2D eigenvalue weighted by atomic mass is 10.2. The van der Waals surface area contributed by atoms with Gasteiger partial charge in [-0.2, -0.15) is 0 Å². The summed E-state index contributed by atoms with van der Waals surface area (Å²) in [4.78, 5) is 2.63. The standard InChI is InChI=1S/C14H28N2/c1-4-7-15-13-5-6-14(9-13)16(3)10-12-8-11(12)2/h11-15H,4-10H2,1-3H3. The Hall–Kier alpha value is -0.0800. The van der Waals surface area contributed by atoms with Crippen LogP contribution in [0.3, 0.4) is 0 Å². The molecule has 0 aromatic rings. The molecule has 0 heterocycles. The summed E-state index contributed by atoms with van der Waals surface area (Å²) in [5.74, 6) is 2.01. The lowest BCUT2D eigenvalue weighted by Crippen LogP contribution is -2.34. The first-order valence-electron chi connectivity index (χ1n) is 7.14. The SMILES string of the molecule is CCCNC1CCC(N(C)CC2CC2C)C1. The minimum absolute atomic E-state index is 0.795. The van der Waals surface area contributed by atoms with Crippen molar-refractivity contribution < 1.29 is 0 Å². The Morgan fingerprint density at radius 3 is 2.62 bits per heavy atom. The summed E-state index contributed by atoms with van der Waals surface area (Å²) < 4.78 is 0. The smallest absolute Gasteiger partial charge is 0.0108 e. The highest BCUT2D eigenvalue weighted by Gasteiger charge is 2.35. The Balaban J connectivity index is 1.66. The average Bonchev–Trinajstić information content (AvgIpc) is 2.81. The lowest BCUT2D eigenvalue weighted by Gasteiger charge is -2.24. The zero-order valence-corrected chi connectivity index (χ0v) is 11.2. The molecule has 0 spiro atoms. The summed E-state index contributed by atoms with van der Waals surface area (Å²) in [6, 6.07) is 1.64. The molecule has 2 fully saturated rings. The first-order valence-corrected chi connectivity index (χ1v) is 7.14. The number of nitrogens with zero attached hydrogens (tertiary/aromatic N) is 1. The van der Waals surface area contributed by atoms with Crippen LogP contribution < -0.4 is 5.32 Å². The van der Waals surface area contributed by atoms with Crippen molar-refractivity contribution >= 4 is 0 Å². The molecule has 0 bridgehead atoms.